The highest BCUT2D eigenvalue weighted by Gasteiger charge is 2.33. The lowest BCUT2D eigenvalue weighted by Gasteiger charge is -2.24. The van der Waals surface area contributed by atoms with Gasteiger partial charge in [-0.2, -0.15) is 0 Å². The van der Waals surface area contributed by atoms with Crippen molar-refractivity contribution in [3.05, 3.63) is 53.9 Å². The smallest absolute Gasteiger partial charge is 0.254 e. The summed E-state index contributed by atoms with van der Waals surface area (Å²) in [5.74, 6) is 0.932. The van der Waals surface area contributed by atoms with E-state index in [9.17, 15) is 13.2 Å². The number of pyridine rings is 1. The monoisotopic (exact) mass is 404 g/mol. The van der Waals surface area contributed by atoms with Crippen molar-refractivity contribution in [1.82, 2.24) is 9.88 Å². The molecule has 0 N–H and O–H groups in total. The van der Waals surface area contributed by atoms with Crippen molar-refractivity contribution in [3.63, 3.8) is 0 Å². The van der Waals surface area contributed by atoms with Gasteiger partial charge in [-0.05, 0) is 49.2 Å². The number of hydrogen-bond donors (Lipinski definition) is 0. The highest BCUT2D eigenvalue weighted by Crippen LogP contribution is 2.30. The predicted molar refractivity (Wildman–Crippen MR) is 105 cm³/mol. The molecule has 1 atom stereocenters. The van der Waals surface area contributed by atoms with Crippen molar-refractivity contribution in [2.24, 2.45) is 0 Å². The van der Waals surface area contributed by atoms with Gasteiger partial charge in [-0.15, -0.1) is 0 Å². The summed E-state index contributed by atoms with van der Waals surface area (Å²) < 4.78 is 34.9. The molecule has 1 aromatic heterocycles. The molecule has 1 aliphatic rings. The summed E-state index contributed by atoms with van der Waals surface area (Å²) in [6.45, 7) is 2.65. The van der Waals surface area contributed by atoms with Crippen molar-refractivity contribution in [1.29, 1.82) is 0 Å². The van der Waals surface area contributed by atoms with Crippen LogP contribution in [0.2, 0.25) is 0 Å². The molecule has 1 unspecified atom stereocenters. The molecule has 0 spiro atoms. The van der Waals surface area contributed by atoms with Crippen molar-refractivity contribution in [2.45, 2.75) is 26.0 Å². The number of carbonyl (C=O) groups is 1. The molecular weight excluding hydrogens is 380 g/mol. The average molecular weight is 404 g/mol. The van der Waals surface area contributed by atoms with Crippen LogP contribution >= 0.6 is 0 Å². The average Bonchev–Trinajstić information content (AvgIpc) is 3.06. The molecule has 0 radical (unpaired) electrons. The maximum atomic E-state index is 12.8. The number of aromatic nitrogens is 1. The van der Waals surface area contributed by atoms with E-state index in [4.69, 9.17) is 9.47 Å². The first-order valence-corrected chi connectivity index (χ1v) is 11.0. The van der Waals surface area contributed by atoms with Crippen molar-refractivity contribution in [2.75, 3.05) is 25.2 Å². The van der Waals surface area contributed by atoms with Gasteiger partial charge in [0.2, 0.25) is 0 Å². The summed E-state index contributed by atoms with van der Waals surface area (Å²) in [5.41, 5.74) is 1.41. The Balaban J connectivity index is 1.75. The molecule has 8 heteroatoms. The Kier molecular flexibility index (Phi) is 6.18. The molecule has 0 aliphatic carbocycles. The van der Waals surface area contributed by atoms with E-state index in [-0.39, 0.29) is 23.5 Å². The number of hydrogen-bond acceptors (Lipinski definition) is 6. The molecule has 1 saturated heterocycles. The van der Waals surface area contributed by atoms with Crippen molar-refractivity contribution < 1.29 is 22.7 Å². The van der Waals surface area contributed by atoms with Gasteiger partial charge in [0, 0.05) is 31.0 Å². The molecule has 2 heterocycles. The largest absolute Gasteiger partial charge is 0.490 e. The summed E-state index contributed by atoms with van der Waals surface area (Å²) >= 11 is 0. The van der Waals surface area contributed by atoms with Gasteiger partial charge in [-0.1, -0.05) is 0 Å². The van der Waals surface area contributed by atoms with Gasteiger partial charge in [-0.3, -0.25) is 9.78 Å². The Labute approximate surface area is 165 Å². The van der Waals surface area contributed by atoms with E-state index in [0.29, 0.717) is 36.7 Å². The van der Waals surface area contributed by atoms with Crippen LogP contribution in [0.1, 0.15) is 29.3 Å². The summed E-state index contributed by atoms with van der Waals surface area (Å²) in [6, 6.07) is 8.46. The third kappa shape index (κ3) is 4.81. The third-order valence-electron chi connectivity index (χ3n) is 4.71. The van der Waals surface area contributed by atoms with Crippen LogP contribution in [-0.2, 0) is 16.4 Å². The molecule has 1 amide bonds. The minimum absolute atomic E-state index is 0.0146. The van der Waals surface area contributed by atoms with Gasteiger partial charge in [-0.25, -0.2) is 8.42 Å². The van der Waals surface area contributed by atoms with E-state index in [1.807, 2.05) is 19.1 Å². The van der Waals surface area contributed by atoms with E-state index in [1.165, 1.54) is 4.90 Å². The standard InChI is InChI=1S/C20H24N2O5S/c1-3-26-19-12-16(20(23)22(2)17-8-11-28(24,25)14-17)4-5-18(19)27-13-15-6-9-21-10-7-15/h4-7,9-10,12,17H,3,8,11,13-14H2,1-2H3. The zero-order valence-electron chi connectivity index (χ0n) is 16.0. The molecule has 1 aromatic carbocycles. The Morgan fingerprint density at radius 2 is 1.93 bits per heavy atom. The Bertz CT molecular complexity index is 931. The van der Waals surface area contributed by atoms with Crippen LogP contribution in [0.5, 0.6) is 11.5 Å². The summed E-state index contributed by atoms with van der Waals surface area (Å²) in [5, 5.41) is 0. The Hall–Kier alpha value is -2.61. The zero-order valence-corrected chi connectivity index (χ0v) is 16.8. The first kappa shape index (κ1) is 20.1. The minimum Gasteiger partial charge on any atom is -0.490 e. The lowest BCUT2D eigenvalue weighted by molar-refractivity contribution is 0.0747. The molecule has 1 aliphatic heterocycles. The van der Waals surface area contributed by atoms with E-state index in [1.54, 1.807) is 37.6 Å². The van der Waals surface area contributed by atoms with E-state index in [0.717, 1.165) is 5.56 Å². The maximum absolute atomic E-state index is 12.8. The fourth-order valence-corrected chi connectivity index (χ4v) is 4.89. The summed E-state index contributed by atoms with van der Waals surface area (Å²) in [6.07, 6.45) is 3.86. The van der Waals surface area contributed by atoms with Crippen LogP contribution in [-0.4, -0.2) is 55.4 Å². The molecule has 0 saturated carbocycles. The first-order valence-electron chi connectivity index (χ1n) is 9.16. The third-order valence-corrected chi connectivity index (χ3v) is 6.46. The Morgan fingerprint density at radius 1 is 1.18 bits per heavy atom. The van der Waals surface area contributed by atoms with Gasteiger partial charge in [0.25, 0.3) is 5.91 Å². The Morgan fingerprint density at radius 3 is 2.57 bits per heavy atom. The van der Waals surface area contributed by atoms with Gasteiger partial charge < -0.3 is 14.4 Å². The lowest BCUT2D eigenvalue weighted by atomic mass is 10.1. The van der Waals surface area contributed by atoms with Crippen molar-refractivity contribution in [3.8, 4) is 11.5 Å². The highest BCUT2D eigenvalue weighted by atomic mass is 32.2. The fraction of sp³-hybridized carbons (Fsp3) is 0.400. The molecule has 28 heavy (non-hydrogen) atoms. The van der Waals surface area contributed by atoms with Gasteiger partial charge in [0.15, 0.2) is 21.3 Å². The fourth-order valence-electron chi connectivity index (χ4n) is 3.12. The summed E-state index contributed by atoms with van der Waals surface area (Å²) in [4.78, 5) is 18.3. The molecule has 1 fully saturated rings. The number of sulfone groups is 1. The number of ether oxygens (including phenoxy) is 2. The maximum Gasteiger partial charge on any atom is 0.254 e. The van der Waals surface area contributed by atoms with Crippen LogP contribution in [0, 0.1) is 0 Å². The normalized spacial score (nSPS) is 17.9. The predicted octanol–water partition coefficient (Wildman–Crippen LogP) is 2.32. The summed E-state index contributed by atoms with van der Waals surface area (Å²) in [7, 11) is -1.42. The quantitative estimate of drug-likeness (QED) is 0.704. The van der Waals surface area contributed by atoms with E-state index < -0.39 is 9.84 Å². The van der Waals surface area contributed by atoms with Crippen LogP contribution < -0.4 is 9.47 Å². The molecule has 2 aromatic rings. The number of nitrogens with zero attached hydrogens (tertiary/aromatic N) is 2. The minimum atomic E-state index is -3.06. The van der Waals surface area contributed by atoms with Crippen LogP contribution in [0.3, 0.4) is 0 Å². The lowest BCUT2D eigenvalue weighted by Crippen LogP contribution is -2.37. The van der Waals surface area contributed by atoms with Gasteiger partial charge in [0.1, 0.15) is 6.61 Å². The second-order valence-corrected chi connectivity index (χ2v) is 8.94. The second-order valence-electron chi connectivity index (χ2n) is 6.71. The highest BCUT2D eigenvalue weighted by molar-refractivity contribution is 7.91. The number of carbonyl (C=O) groups excluding carboxylic acids is 1. The van der Waals surface area contributed by atoms with E-state index >= 15 is 0 Å². The van der Waals surface area contributed by atoms with E-state index in [2.05, 4.69) is 4.98 Å². The van der Waals surface area contributed by atoms with Crippen LogP contribution in [0.4, 0.5) is 0 Å². The van der Waals surface area contributed by atoms with Crippen LogP contribution in [0.15, 0.2) is 42.7 Å². The SMILES string of the molecule is CCOc1cc(C(=O)N(C)C2CCS(=O)(=O)C2)ccc1OCc1ccncc1. The molecule has 3 rings (SSSR count). The number of rotatable bonds is 7. The van der Waals surface area contributed by atoms with Gasteiger partial charge >= 0.3 is 0 Å². The second kappa shape index (κ2) is 8.60. The first-order chi connectivity index (χ1) is 13.4. The molecule has 150 valence electrons. The van der Waals surface area contributed by atoms with Crippen LogP contribution in [0.25, 0.3) is 0 Å². The number of amides is 1. The molecule has 7 nitrogen and oxygen atoms in total. The van der Waals surface area contributed by atoms with Gasteiger partial charge in [0.05, 0.1) is 18.1 Å². The molecule has 0 bridgehead atoms. The number of benzene rings is 1. The zero-order chi connectivity index (χ0) is 20.1. The van der Waals surface area contributed by atoms with Crippen molar-refractivity contribution >= 4 is 15.7 Å². The topological polar surface area (TPSA) is 85.8 Å². The molecular formula is C20H24N2O5S.